The van der Waals surface area contributed by atoms with Crippen molar-refractivity contribution in [3.63, 3.8) is 0 Å². The molecule has 1 unspecified atom stereocenters. The second-order valence-electron chi connectivity index (χ2n) is 4.02. The maximum absolute atomic E-state index is 5.59. The molecule has 1 heterocycles. The topological polar surface area (TPSA) is 38.0 Å². The van der Waals surface area contributed by atoms with E-state index in [1.807, 2.05) is 11.3 Å². The van der Waals surface area contributed by atoms with Crippen molar-refractivity contribution in [2.24, 2.45) is 5.84 Å². The normalized spacial score (nSPS) is 13.0. The zero-order chi connectivity index (χ0) is 11.1. The number of hydrogen-bond acceptors (Lipinski definition) is 3. The number of nitrogens with two attached hydrogens (primary N) is 1. The molecule has 0 radical (unpaired) electrons. The van der Waals surface area contributed by atoms with Gasteiger partial charge >= 0.3 is 0 Å². The van der Waals surface area contributed by atoms with Gasteiger partial charge < -0.3 is 0 Å². The quantitative estimate of drug-likeness (QED) is 0.424. The van der Waals surface area contributed by atoms with Gasteiger partial charge in [-0.3, -0.25) is 11.3 Å². The summed E-state index contributed by atoms with van der Waals surface area (Å²) in [5, 5.41) is 0. The average Bonchev–Trinajstić information content (AvgIpc) is 2.65. The number of hydrogen-bond donors (Lipinski definition) is 2. The largest absolute Gasteiger partial charge is 0.271 e. The molecule has 1 rings (SSSR count). The summed E-state index contributed by atoms with van der Waals surface area (Å²) in [5.74, 6) is 5.59. The molecule has 0 aliphatic heterocycles. The van der Waals surface area contributed by atoms with Crippen molar-refractivity contribution in [1.82, 2.24) is 5.43 Å². The van der Waals surface area contributed by atoms with Gasteiger partial charge in [-0.1, -0.05) is 32.6 Å². The molecule has 1 aromatic rings. The fourth-order valence-electron chi connectivity index (χ4n) is 1.72. The lowest BCUT2D eigenvalue weighted by atomic mass is 10.1. The molecule has 15 heavy (non-hydrogen) atoms. The Morgan fingerprint density at radius 1 is 1.33 bits per heavy atom. The minimum absolute atomic E-state index is 0.348. The first kappa shape index (κ1) is 12.7. The van der Waals surface area contributed by atoms with E-state index in [-0.39, 0.29) is 0 Å². The van der Waals surface area contributed by atoms with Crippen LogP contribution in [-0.4, -0.2) is 0 Å². The highest BCUT2D eigenvalue weighted by atomic mass is 32.1. The second-order valence-corrected chi connectivity index (χ2v) is 5.34. The Morgan fingerprint density at radius 3 is 2.67 bits per heavy atom. The molecule has 0 bridgehead atoms. The van der Waals surface area contributed by atoms with Crippen LogP contribution < -0.4 is 11.3 Å². The number of nitrogens with one attached hydrogen (secondary N) is 1. The minimum atomic E-state index is 0.348. The molecule has 0 aromatic carbocycles. The van der Waals surface area contributed by atoms with Gasteiger partial charge in [0.05, 0.1) is 6.04 Å². The maximum Gasteiger partial charge on any atom is 0.0553 e. The van der Waals surface area contributed by atoms with Gasteiger partial charge in [0.25, 0.3) is 0 Å². The lowest BCUT2D eigenvalue weighted by Gasteiger charge is -2.13. The molecule has 0 aliphatic carbocycles. The van der Waals surface area contributed by atoms with Crippen molar-refractivity contribution >= 4 is 11.3 Å². The van der Waals surface area contributed by atoms with E-state index in [9.17, 15) is 0 Å². The van der Waals surface area contributed by atoms with Crippen LogP contribution in [0.25, 0.3) is 0 Å². The summed E-state index contributed by atoms with van der Waals surface area (Å²) in [7, 11) is 0. The molecule has 1 aromatic heterocycles. The number of rotatable bonds is 7. The van der Waals surface area contributed by atoms with E-state index in [0.717, 1.165) is 6.42 Å². The van der Waals surface area contributed by atoms with Crippen molar-refractivity contribution in [3.8, 4) is 0 Å². The Labute approximate surface area is 96.9 Å². The standard InChI is InChI=1S/C12H22N2S/c1-3-4-5-6-7-11(14-13)12-9-8-10(2)15-12/h8-9,11,14H,3-7,13H2,1-2H3. The fourth-order valence-corrected chi connectivity index (χ4v) is 2.70. The van der Waals surface area contributed by atoms with E-state index >= 15 is 0 Å². The molecular formula is C12H22N2S. The van der Waals surface area contributed by atoms with Gasteiger partial charge in [-0.15, -0.1) is 11.3 Å². The molecule has 2 nitrogen and oxygen atoms in total. The molecule has 0 amide bonds. The number of unbranched alkanes of at least 4 members (excludes halogenated alkanes) is 3. The van der Waals surface area contributed by atoms with Crippen molar-refractivity contribution in [2.45, 2.75) is 52.0 Å². The van der Waals surface area contributed by atoms with E-state index in [4.69, 9.17) is 5.84 Å². The SMILES string of the molecule is CCCCCCC(NN)c1ccc(C)s1. The second kappa shape index (κ2) is 6.99. The van der Waals surface area contributed by atoms with Crippen LogP contribution in [0.3, 0.4) is 0 Å². The van der Waals surface area contributed by atoms with Gasteiger partial charge in [0.15, 0.2) is 0 Å². The highest BCUT2D eigenvalue weighted by Gasteiger charge is 2.10. The van der Waals surface area contributed by atoms with E-state index in [0.29, 0.717) is 6.04 Å². The molecule has 3 N–H and O–H groups in total. The summed E-state index contributed by atoms with van der Waals surface area (Å²) in [5.41, 5.74) is 2.92. The van der Waals surface area contributed by atoms with E-state index in [1.54, 1.807) is 0 Å². The lowest BCUT2D eigenvalue weighted by Crippen LogP contribution is -2.27. The molecule has 86 valence electrons. The molecule has 0 aliphatic rings. The van der Waals surface area contributed by atoms with Gasteiger partial charge in [0, 0.05) is 9.75 Å². The average molecular weight is 226 g/mol. The molecule has 0 saturated carbocycles. The van der Waals surface area contributed by atoms with Gasteiger partial charge in [0.2, 0.25) is 0 Å². The van der Waals surface area contributed by atoms with E-state index < -0.39 is 0 Å². The summed E-state index contributed by atoms with van der Waals surface area (Å²) in [6.45, 7) is 4.38. The maximum atomic E-state index is 5.59. The van der Waals surface area contributed by atoms with Crippen molar-refractivity contribution in [2.75, 3.05) is 0 Å². The Hall–Kier alpha value is -0.380. The predicted molar refractivity (Wildman–Crippen MR) is 67.9 cm³/mol. The first-order chi connectivity index (χ1) is 7.27. The third-order valence-electron chi connectivity index (χ3n) is 2.65. The summed E-state index contributed by atoms with van der Waals surface area (Å²) >= 11 is 1.84. The smallest absolute Gasteiger partial charge is 0.0553 e. The number of aryl methyl sites for hydroxylation is 1. The Balaban J connectivity index is 2.35. The first-order valence-corrected chi connectivity index (χ1v) is 6.62. The van der Waals surface area contributed by atoms with Crippen LogP contribution in [0.5, 0.6) is 0 Å². The lowest BCUT2D eigenvalue weighted by molar-refractivity contribution is 0.488. The summed E-state index contributed by atoms with van der Waals surface area (Å²) in [6, 6.07) is 4.70. The third-order valence-corrected chi connectivity index (χ3v) is 3.77. The third kappa shape index (κ3) is 4.33. The number of thiophene rings is 1. The number of hydrazine groups is 1. The van der Waals surface area contributed by atoms with E-state index in [1.165, 1.54) is 35.4 Å². The molecule has 0 spiro atoms. The zero-order valence-electron chi connectivity index (χ0n) is 9.75. The molecular weight excluding hydrogens is 204 g/mol. The van der Waals surface area contributed by atoms with Crippen molar-refractivity contribution in [3.05, 3.63) is 21.9 Å². The highest BCUT2D eigenvalue weighted by Crippen LogP contribution is 2.26. The van der Waals surface area contributed by atoms with Gasteiger partial charge in [-0.25, -0.2) is 0 Å². The van der Waals surface area contributed by atoms with Gasteiger partial charge in [-0.05, 0) is 25.5 Å². The first-order valence-electron chi connectivity index (χ1n) is 5.80. The van der Waals surface area contributed by atoms with Crippen LogP contribution in [0.15, 0.2) is 12.1 Å². The summed E-state index contributed by atoms with van der Waals surface area (Å²) < 4.78 is 0. The van der Waals surface area contributed by atoms with Crippen molar-refractivity contribution < 1.29 is 0 Å². The summed E-state index contributed by atoms with van der Waals surface area (Å²) in [6.07, 6.45) is 6.36. The van der Waals surface area contributed by atoms with Crippen LogP contribution in [0.1, 0.15) is 54.8 Å². The molecule has 1 atom stereocenters. The van der Waals surface area contributed by atoms with Gasteiger partial charge in [0.1, 0.15) is 0 Å². The molecule has 0 fully saturated rings. The van der Waals surface area contributed by atoms with Crippen LogP contribution in [0.4, 0.5) is 0 Å². The molecule has 0 saturated heterocycles. The monoisotopic (exact) mass is 226 g/mol. The van der Waals surface area contributed by atoms with Crippen LogP contribution >= 0.6 is 11.3 Å². The van der Waals surface area contributed by atoms with Crippen LogP contribution in [0.2, 0.25) is 0 Å². The highest BCUT2D eigenvalue weighted by molar-refractivity contribution is 7.12. The Bertz CT molecular complexity index is 270. The van der Waals surface area contributed by atoms with Gasteiger partial charge in [-0.2, -0.15) is 0 Å². The predicted octanol–water partition coefficient (Wildman–Crippen LogP) is 3.53. The Kier molecular flexibility index (Phi) is 5.91. The minimum Gasteiger partial charge on any atom is -0.271 e. The van der Waals surface area contributed by atoms with Crippen molar-refractivity contribution in [1.29, 1.82) is 0 Å². The Morgan fingerprint density at radius 2 is 2.13 bits per heavy atom. The fraction of sp³-hybridized carbons (Fsp3) is 0.667. The summed E-state index contributed by atoms with van der Waals surface area (Å²) in [4.78, 5) is 2.73. The van der Waals surface area contributed by atoms with E-state index in [2.05, 4.69) is 31.4 Å². The van der Waals surface area contributed by atoms with Crippen LogP contribution in [0, 0.1) is 6.92 Å². The molecule has 3 heteroatoms. The zero-order valence-corrected chi connectivity index (χ0v) is 10.6. The van der Waals surface area contributed by atoms with Crippen LogP contribution in [-0.2, 0) is 0 Å².